The van der Waals surface area contributed by atoms with Crippen LogP contribution >= 0.6 is 16.3 Å². The first-order valence-electron chi connectivity index (χ1n) is 19.7. The van der Waals surface area contributed by atoms with E-state index < -0.39 is 86.7 Å². The molecule has 7 aromatic carbocycles. The van der Waals surface area contributed by atoms with Crippen LogP contribution in [0.2, 0.25) is 0 Å². The normalized spacial score (nSPS) is 16.8. The van der Waals surface area contributed by atoms with E-state index in [1.807, 2.05) is 91.0 Å². The molecule has 0 spiro atoms. The molecule has 3 atom stereocenters. The van der Waals surface area contributed by atoms with Crippen molar-refractivity contribution in [2.24, 2.45) is 0 Å². The van der Waals surface area contributed by atoms with E-state index in [4.69, 9.17) is 18.5 Å². The van der Waals surface area contributed by atoms with E-state index in [2.05, 4.69) is 0 Å². The van der Waals surface area contributed by atoms with Gasteiger partial charge in [0, 0.05) is 52.1 Å². The van der Waals surface area contributed by atoms with Crippen LogP contribution in [0.15, 0.2) is 164 Å². The third-order valence-electron chi connectivity index (χ3n) is 10.3. The van der Waals surface area contributed by atoms with Crippen molar-refractivity contribution in [2.45, 2.75) is 30.3 Å². The Bertz CT molecular complexity index is 2380. The zero-order valence-electron chi connectivity index (χ0n) is 33.0. The summed E-state index contributed by atoms with van der Waals surface area (Å²) in [5.41, 5.74) is 0.918. The largest absolute Gasteiger partial charge is 0.373 e. The van der Waals surface area contributed by atoms with E-state index in [0.717, 1.165) is 65.2 Å². The van der Waals surface area contributed by atoms with Gasteiger partial charge < -0.3 is 18.5 Å². The van der Waals surface area contributed by atoms with E-state index in [1.54, 1.807) is 0 Å². The minimum absolute atomic E-state index is 0.00892. The summed E-state index contributed by atoms with van der Waals surface area (Å²) in [4.78, 5) is 0. The predicted molar refractivity (Wildman–Crippen MR) is 227 cm³/mol. The number of ether oxygens (including phenoxy) is 2. The molecule has 8 rings (SSSR count). The van der Waals surface area contributed by atoms with Crippen molar-refractivity contribution in [2.75, 3.05) is 13.2 Å². The molecule has 1 aliphatic heterocycles. The Morgan fingerprint density at radius 1 is 0.444 bits per heavy atom. The van der Waals surface area contributed by atoms with Crippen molar-refractivity contribution in [3.05, 3.63) is 227 Å². The van der Waals surface area contributed by atoms with Gasteiger partial charge in [0.2, 0.25) is 0 Å². The summed E-state index contributed by atoms with van der Waals surface area (Å²) in [6.07, 6.45) is -3.64. The minimum atomic E-state index is -2.52. The van der Waals surface area contributed by atoms with Gasteiger partial charge in [0.25, 0.3) is 0 Å². The first-order valence-corrected chi connectivity index (χ1v) is 22.2. The highest BCUT2D eigenvalue weighted by Crippen LogP contribution is 2.47. The maximum atomic E-state index is 15.0. The molecule has 0 radical (unpaired) electrons. The van der Waals surface area contributed by atoms with Crippen molar-refractivity contribution in [1.29, 1.82) is 0 Å². The summed E-state index contributed by atoms with van der Waals surface area (Å²) in [5.74, 6) is -7.88. The molecule has 0 aliphatic carbocycles. The molecule has 14 heteroatoms. The first kappa shape index (κ1) is 44.3. The lowest BCUT2D eigenvalue weighted by molar-refractivity contribution is -0.149. The topological polar surface area (TPSA) is 36.9 Å². The summed E-state index contributed by atoms with van der Waals surface area (Å²) in [5, 5.41) is -0.373. The van der Waals surface area contributed by atoms with Crippen LogP contribution in [0.25, 0.3) is 0 Å². The van der Waals surface area contributed by atoms with Crippen LogP contribution in [-0.2, 0) is 24.1 Å². The molecule has 0 bridgehead atoms. The summed E-state index contributed by atoms with van der Waals surface area (Å²) in [6.45, 7) is -0.296. The van der Waals surface area contributed by atoms with Crippen LogP contribution in [0.3, 0.4) is 0 Å². The van der Waals surface area contributed by atoms with Gasteiger partial charge in [-0.15, -0.1) is 0 Å². The van der Waals surface area contributed by atoms with Gasteiger partial charge in [0.05, 0.1) is 29.0 Å². The second kappa shape index (κ2) is 19.6. The smallest absolute Gasteiger partial charge is 0.143 e. The van der Waals surface area contributed by atoms with Crippen LogP contribution in [0.4, 0.5) is 35.1 Å². The zero-order valence-corrected chi connectivity index (χ0v) is 34.8. The van der Waals surface area contributed by atoms with Gasteiger partial charge in [0.1, 0.15) is 64.3 Å². The Balaban J connectivity index is 1.27. The molecule has 0 aromatic heterocycles. The van der Waals surface area contributed by atoms with Crippen molar-refractivity contribution < 1.29 is 53.6 Å². The lowest BCUT2D eigenvalue weighted by atomic mass is 9.80. The van der Waals surface area contributed by atoms with E-state index in [-0.39, 0.29) is 40.9 Å². The average Bonchev–Trinajstić information content (AvgIpc) is 3.25. The number of hydrogen-bond donors (Lipinski definition) is 0. The molecule has 0 amide bonds. The van der Waals surface area contributed by atoms with Crippen LogP contribution < -0.4 is 21.2 Å². The maximum absolute atomic E-state index is 15.0. The maximum Gasteiger partial charge on any atom is 0.143 e. The first-order chi connectivity index (χ1) is 30.4. The molecule has 1 fully saturated rings. The van der Waals surface area contributed by atoms with Crippen LogP contribution in [-0.4, -0.2) is 31.5 Å². The highest BCUT2D eigenvalue weighted by atomic mass is 31.1. The second-order valence-corrected chi connectivity index (χ2v) is 18.3. The number of rotatable bonds is 14. The van der Waals surface area contributed by atoms with Gasteiger partial charge in [0.15, 0.2) is 0 Å². The van der Waals surface area contributed by atoms with E-state index in [1.165, 1.54) is 0 Å². The predicted octanol–water partition coefficient (Wildman–Crippen LogP) is 10.8. The molecule has 1 heterocycles. The fourth-order valence-corrected chi connectivity index (χ4v) is 11.6. The molecule has 0 saturated carbocycles. The Morgan fingerprint density at radius 2 is 0.762 bits per heavy atom. The fraction of sp³-hybridized carbons (Fsp3) is 0.143. The monoisotopic (exact) mass is 902 g/mol. The third kappa shape index (κ3) is 10.2. The SMILES string of the molecule is Fc1cc(F)cc(P(O[C@@H]2[C@@H](COC(c3ccccc3)(c3ccccc3)c3ccccc3)OCC[C@H]2OP(c2cc(F)cc(F)c2)c2cc(F)cc(F)c2)c2cc(F)cc(F)c2)c1. The van der Waals surface area contributed by atoms with Gasteiger partial charge in [-0.3, -0.25) is 0 Å². The van der Waals surface area contributed by atoms with Crippen LogP contribution in [0, 0.1) is 46.5 Å². The number of halogens is 8. The van der Waals surface area contributed by atoms with E-state index in [0.29, 0.717) is 24.3 Å². The molecule has 0 unspecified atom stereocenters. The summed E-state index contributed by atoms with van der Waals surface area (Å²) >= 11 is 0. The molecule has 63 heavy (non-hydrogen) atoms. The summed E-state index contributed by atoms with van der Waals surface area (Å²) in [6, 6.07) is 38.6. The van der Waals surface area contributed by atoms with Crippen LogP contribution in [0.1, 0.15) is 23.1 Å². The highest BCUT2D eigenvalue weighted by Gasteiger charge is 2.44. The molecule has 1 aliphatic rings. The Kier molecular flexibility index (Phi) is 13.8. The van der Waals surface area contributed by atoms with Gasteiger partial charge in [-0.2, -0.15) is 0 Å². The Hall–Kier alpha value is -5.32. The third-order valence-corrected chi connectivity index (χ3v) is 14.1. The molecular weight excluding hydrogens is 866 g/mol. The highest BCUT2D eigenvalue weighted by molar-refractivity contribution is 7.69. The Morgan fingerprint density at radius 3 is 1.10 bits per heavy atom. The lowest BCUT2D eigenvalue weighted by Crippen LogP contribution is -2.51. The molecule has 322 valence electrons. The summed E-state index contributed by atoms with van der Waals surface area (Å²) < 4.78 is 147. The van der Waals surface area contributed by atoms with Gasteiger partial charge in [-0.05, 0) is 71.6 Å². The standard InChI is InChI=1S/C49H36F8O4P2/c50-34-18-35(51)23-42(22-34)62(43-24-36(52)19-37(53)25-43)60-46-16-17-58-47(48(46)61-63(44-26-38(54)20-39(55)27-44)45-28-40(56)21-41(57)29-45)30-59-49(31-10-4-1-5-11-31,32-12-6-2-7-13-32)33-14-8-3-9-15-33/h1-15,18-29,46-48H,16-17,30H2/t46-,47-,48+/m1/s1. The average molecular weight is 903 g/mol. The lowest BCUT2D eigenvalue weighted by Gasteiger charge is -2.43. The molecule has 0 N–H and O–H groups in total. The second-order valence-electron chi connectivity index (χ2n) is 14.6. The zero-order chi connectivity index (χ0) is 44.1. The fourth-order valence-electron chi connectivity index (χ4n) is 7.63. The van der Waals surface area contributed by atoms with Crippen molar-refractivity contribution >= 4 is 37.5 Å². The number of benzene rings is 7. The quantitative estimate of drug-likeness (QED) is 0.0619. The van der Waals surface area contributed by atoms with Crippen LogP contribution in [0.5, 0.6) is 0 Å². The molecule has 7 aromatic rings. The number of hydrogen-bond acceptors (Lipinski definition) is 4. The van der Waals surface area contributed by atoms with Crippen molar-refractivity contribution in [3.8, 4) is 0 Å². The van der Waals surface area contributed by atoms with E-state index in [9.17, 15) is 35.1 Å². The molecule has 4 nitrogen and oxygen atoms in total. The minimum Gasteiger partial charge on any atom is -0.373 e. The van der Waals surface area contributed by atoms with Gasteiger partial charge >= 0.3 is 0 Å². The van der Waals surface area contributed by atoms with Gasteiger partial charge in [-0.1, -0.05) is 91.0 Å². The molecular formula is C49H36F8O4P2. The Labute approximate surface area is 360 Å². The molecule has 1 saturated heterocycles. The van der Waals surface area contributed by atoms with E-state index >= 15 is 0 Å². The van der Waals surface area contributed by atoms with Crippen molar-refractivity contribution in [1.82, 2.24) is 0 Å². The van der Waals surface area contributed by atoms with Crippen molar-refractivity contribution in [3.63, 3.8) is 0 Å². The van der Waals surface area contributed by atoms with Gasteiger partial charge in [-0.25, -0.2) is 35.1 Å². The summed E-state index contributed by atoms with van der Waals surface area (Å²) in [7, 11) is -4.97.